The Bertz CT molecular complexity index is 1940. The summed E-state index contributed by atoms with van der Waals surface area (Å²) in [6.45, 7) is 6.58. The van der Waals surface area contributed by atoms with Crippen LogP contribution in [0.3, 0.4) is 0 Å². The molecule has 18 nitrogen and oxygen atoms in total. The molecule has 1 aromatic heterocycles. The number of para-hydroxylation sites is 1. The molecular formula is C40H53N7O11. The minimum absolute atomic E-state index is 0.00380. The zero-order valence-corrected chi connectivity index (χ0v) is 33.2. The summed E-state index contributed by atoms with van der Waals surface area (Å²) in [5.41, 5.74) is 6.55. The van der Waals surface area contributed by atoms with E-state index in [-0.39, 0.29) is 19.3 Å². The van der Waals surface area contributed by atoms with E-state index in [0.717, 1.165) is 15.8 Å². The number of rotatable bonds is 21. The number of aromatic amines is 1. The monoisotopic (exact) mass is 807 g/mol. The van der Waals surface area contributed by atoms with Crippen LogP contribution in [0.4, 0.5) is 4.79 Å². The van der Waals surface area contributed by atoms with Gasteiger partial charge in [-0.05, 0) is 44.4 Å². The molecule has 0 saturated carbocycles. The van der Waals surface area contributed by atoms with Crippen molar-refractivity contribution in [2.75, 3.05) is 7.05 Å². The number of alkyl carbamates (subject to hydrolysis) is 1. The molecule has 0 unspecified atom stereocenters. The van der Waals surface area contributed by atoms with Crippen molar-refractivity contribution in [2.45, 2.75) is 108 Å². The van der Waals surface area contributed by atoms with Gasteiger partial charge in [-0.3, -0.25) is 33.6 Å². The number of carboxylic acid groups (broad SMARTS) is 2. The van der Waals surface area contributed by atoms with Crippen LogP contribution >= 0.6 is 0 Å². The zero-order chi connectivity index (χ0) is 43.2. The third kappa shape index (κ3) is 14.2. The highest BCUT2D eigenvalue weighted by molar-refractivity contribution is 5.98. The summed E-state index contributed by atoms with van der Waals surface area (Å²) in [7, 11) is 1.31. The number of unbranched alkanes of at least 4 members (excludes halogenated alkanes) is 1. The summed E-state index contributed by atoms with van der Waals surface area (Å²) in [5, 5.41) is 29.6. The molecule has 0 aliphatic heterocycles. The van der Waals surface area contributed by atoms with Crippen molar-refractivity contribution in [3.63, 3.8) is 0 Å². The van der Waals surface area contributed by atoms with Crippen LogP contribution in [0.1, 0.15) is 70.9 Å². The first-order chi connectivity index (χ1) is 27.3. The third-order valence-corrected chi connectivity index (χ3v) is 9.00. The summed E-state index contributed by atoms with van der Waals surface area (Å²) >= 11 is 0. The third-order valence-electron chi connectivity index (χ3n) is 9.00. The number of fused-ring (bicyclic) bond motifs is 1. The number of benzene rings is 2. The number of aromatic nitrogens is 1. The number of H-pyrrole nitrogens is 1. The van der Waals surface area contributed by atoms with Crippen molar-refractivity contribution in [2.24, 2.45) is 5.73 Å². The average molecular weight is 808 g/mol. The predicted octanol–water partition coefficient (Wildman–Crippen LogP) is 1.75. The second-order valence-electron chi connectivity index (χ2n) is 14.8. The molecule has 0 fully saturated rings. The Kier molecular flexibility index (Phi) is 16.8. The Morgan fingerprint density at radius 1 is 0.759 bits per heavy atom. The first-order valence-corrected chi connectivity index (χ1v) is 18.8. The van der Waals surface area contributed by atoms with Gasteiger partial charge in [0.15, 0.2) is 0 Å². The smallest absolute Gasteiger partial charge is 0.408 e. The standard InChI is InChI=1S/C40H53N7O11/c1-6-7-17-31(37(55)44-28(20-32(48)49)35(53)43-27(34(41)52)18-23-13-9-8-10-14-23)47(5)38(56)30(19-24-22-42-26-16-12-11-15-25(24)26)45-36(54)29(21-33(50)51)46-39(57)58-40(2,3)4/h8-16,22,27-31,42H,6-7,17-21H2,1-5H3,(H2,41,52)(H,43,53)(H,44,55)(H,45,54)(H,46,57)(H,48,49)(H,50,51)/t27-,28-,29-,30-,31-/m0/s1. The van der Waals surface area contributed by atoms with Crippen molar-refractivity contribution in [3.8, 4) is 0 Å². The predicted molar refractivity (Wildman–Crippen MR) is 211 cm³/mol. The van der Waals surface area contributed by atoms with E-state index in [4.69, 9.17) is 10.5 Å². The lowest BCUT2D eigenvalue weighted by Crippen LogP contribution is -2.60. The second-order valence-corrected chi connectivity index (χ2v) is 14.8. The summed E-state index contributed by atoms with van der Waals surface area (Å²) in [6, 6.07) is 8.46. The quantitative estimate of drug-likeness (QED) is 0.0768. The van der Waals surface area contributed by atoms with Gasteiger partial charge in [0.2, 0.25) is 29.5 Å². The number of carboxylic acids is 2. The molecule has 6 amide bonds. The van der Waals surface area contributed by atoms with Crippen LogP contribution in [0.2, 0.25) is 0 Å². The molecule has 0 aliphatic rings. The fourth-order valence-corrected chi connectivity index (χ4v) is 6.12. The number of aliphatic carboxylic acids is 2. The molecule has 1 heterocycles. The van der Waals surface area contributed by atoms with Gasteiger partial charge in [-0.25, -0.2) is 4.79 Å². The Balaban J connectivity index is 1.94. The molecule has 2 aromatic carbocycles. The largest absolute Gasteiger partial charge is 0.481 e. The Morgan fingerprint density at radius 3 is 1.88 bits per heavy atom. The van der Waals surface area contributed by atoms with Gasteiger partial charge in [-0.2, -0.15) is 0 Å². The highest BCUT2D eigenvalue weighted by Crippen LogP contribution is 2.21. The molecular weight excluding hydrogens is 754 g/mol. The van der Waals surface area contributed by atoms with Crippen LogP contribution in [-0.2, 0) is 51.1 Å². The first-order valence-electron chi connectivity index (χ1n) is 18.8. The highest BCUT2D eigenvalue weighted by Gasteiger charge is 2.37. The number of nitrogens with one attached hydrogen (secondary N) is 5. The van der Waals surface area contributed by atoms with Gasteiger partial charge in [0.05, 0.1) is 12.8 Å². The number of hydrogen-bond donors (Lipinski definition) is 8. The van der Waals surface area contributed by atoms with Crippen LogP contribution in [0.25, 0.3) is 10.9 Å². The molecule has 314 valence electrons. The van der Waals surface area contributed by atoms with E-state index >= 15 is 0 Å². The maximum Gasteiger partial charge on any atom is 0.408 e. The van der Waals surface area contributed by atoms with Crippen LogP contribution in [0.15, 0.2) is 60.8 Å². The maximum atomic E-state index is 14.5. The fraction of sp³-hybridized carbons (Fsp3) is 0.450. The van der Waals surface area contributed by atoms with Crippen LogP contribution in [0, 0.1) is 0 Å². The normalized spacial score (nSPS) is 13.8. The van der Waals surface area contributed by atoms with Crippen molar-refractivity contribution < 1.29 is 53.3 Å². The summed E-state index contributed by atoms with van der Waals surface area (Å²) < 4.78 is 5.22. The lowest BCUT2D eigenvalue weighted by atomic mass is 10.0. The van der Waals surface area contributed by atoms with Gasteiger partial charge in [-0.1, -0.05) is 68.3 Å². The minimum atomic E-state index is -1.69. The Hall–Kier alpha value is -6.46. The van der Waals surface area contributed by atoms with Gasteiger partial charge in [0, 0.05) is 37.0 Å². The van der Waals surface area contributed by atoms with E-state index in [1.807, 2.05) is 6.92 Å². The molecule has 0 radical (unpaired) electrons. The van der Waals surface area contributed by atoms with Gasteiger partial charge >= 0.3 is 18.0 Å². The maximum absolute atomic E-state index is 14.5. The number of carbonyl (C=O) groups is 8. The number of primary amides is 1. The van der Waals surface area contributed by atoms with Gasteiger partial charge in [0.1, 0.15) is 35.8 Å². The van der Waals surface area contributed by atoms with Crippen molar-refractivity contribution in [1.82, 2.24) is 31.2 Å². The summed E-state index contributed by atoms with van der Waals surface area (Å²) in [4.78, 5) is 108. The lowest BCUT2D eigenvalue weighted by Gasteiger charge is -2.32. The topological polar surface area (TPSA) is 279 Å². The number of nitrogens with two attached hydrogens (primary N) is 1. The second kappa shape index (κ2) is 21.2. The summed E-state index contributed by atoms with van der Waals surface area (Å²) in [6.07, 6.45) is -0.266. The van der Waals surface area contributed by atoms with Crippen molar-refractivity contribution in [1.29, 1.82) is 0 Å². The number of carbonyl (C=O) groups excluding carboxylic acids is 6. The molecule has 0 bridgehead atoms. The molecule has 0 saturated heterocycles. The number of amides is 6. The number of ether oxygens (including phenoxy) is 1. The molecule has 0 aliphatic carbocycles. The zero-order valence-electron chi connectivity index (χ0n) is 33.2. The molecule has 0 spiro atoms. The first kappa shape index (κ1) is 45.9. The van der Waals surface area contributed by atoms with Gasteiger partial charge in [0.25, 0.3) is 0 Å². The average Bonchev–Trinajstić information content (AvgIpc) is 3.55. The van der Waals surface area contributed by atoms with E-state index in [2.05, 4.69) is 26.3 Å². The molecule has 3 rings (SSSR count). The van der Waals surface area contributed by atoms with E-state index in [1.54, 1.807) is 81.6 Å². The number of nitrogens with zero attached hydrogens (tertiary/aromatic N) is 1. The lowest BCUT2D eigenvalue weighted by molar-refractivity contribution is -0.145. The Morgan fingerprint density at radius 2 is 1.31 bits per heavy atom. The fourth-order valence-electron chi connectivity index (χ4n) is 6.12. The van der Waals surface area contributed by atoms with Crippen molar-refractivity contribution in [3.05, 3.63) is 71.9 Å². The van der Waals surface area contributed by atoms with E-state index < -0.39 is 96.2 Å². The number of likely N-dealkylation sites (N-methyl/N-ethyl adjacent to an activating group) is 1. The molecule has 18 heteroatoms. The molecule has 5 atom stereocenters. The van der Waals surface area contributed by atoms with E-state index in [9.17, 15) is 48.6 Å². The molecule has 3 aromatic rings. The van der Waals surface area contributed by atoms with Gasteiger partial charge < -0.3 is 51.8 Å². The highest BCUT2D eigenvalue weighted by atomic mass is 16.6. The van der Waals surface area contributed by atoms with Crippen LogP contribution in [-0.4, -0.2) is 111 Å². The van der Waals surface area contributed by atoms with Crippen LogP contribution in [0.5, 0.6) is 0 Å². The van der Waals surface area contributed by atoms with E-state index in [0.29, 0.717) is 24.0 Å². The van der Waals surface area contributed by atoms with Gasteiger partial charge in [-0.15, -0.1) is 0 Å². The van der Waals surface area contributed by atoms with Crippen LogP contribution < -0.4 is 27.0 Å². The SMILES string of the molecule is CCCC[C@@H](C(=O)N[C@@H](CC(=O)O)C(=O)N[C@@H](Cc1ccccc1)C(N)=O)N(C)C(=O)[C@H](Cc1c[nH]c2ccccc12)NC(=O)[C@H](CC(=O)O)NC(=O)OC(C)(C)C. The molecule has 9 N–H and O–H groups in total. The Labute approximate surface area is 335 Å². The molecule has 58 heavy (non-hydrogen) atoms. The number of hydrogen-bond acceptors (Lipinski definition) is 9. The van der Waals surface area contributed by atoms with E-state index in [1.165, 1.54) is 7.05 Å². The minimum Gasteiger partial charge on any atom is -0.481 e. The van der Waals surface area contributed by atoms with Crippen molar-refractivity contribution >= 4 is 58.5 Å². The summed E-state index contributed by atoms with van der Waals surface area (Å²) in [5.74, 6) is -7.46.